The summed E-state index contributed by atoms with van der Waals surface area (Å²) in [7, 11) is 0. The summed E-state index contributed by atoms with van der Waals surface area (Å²) in [6.07, 6.45) is 0. The average Bonchev–Trinajstić information content (AvgIpc) is 3.82. The lowest BCUT2D eigenvalue weighted by molar-refractivity contribution is 0.660. The monoisotopic (exact) mass is 830 g/mol. The van der Waals surface area contributed by atoms with Gasteiger partial charge in [0.2, 0.25) is 0 Å². The van der Waals surface area contributed by atoms with Crippen LogP contribution >= 0.6 is 0 Å². The van der Waals surface area contributed by atoms with E-state index in [1.807, 2.05) is 0 Å². The van der Waals surface area contributed by atoms with Crippen molar-refractivity contribution in [2.75, 3.05) is 4.90 Å². The molecule has 10 aromatic carbocycles. The molecule has 1 aliphatic rings. The Morgan fingerprint density at radius 2 is 0.892 bits per heavy atom. The summed E-state index contributed by atoms with van der Waals surface area (Å²) in [6, 6.07) is 88.9. The van der Waals surface area contributed by atoms with Crippen molar-refractivity contribution in [3.63, 3.8) is 0 Å². The van der Waals surface area contributed by atoms with Crippen LogP contribution in [-0.4, -0.2) is 4.57 Å². The summed E-state index contributed by atoms with van der Waals surface area (Å²) in [5.74, 6) is 0. The number of hydrogen-bond acceptors (Lipinski definition) is 1. The molecule has 12 rings (SSSR count). The zero-order chi connectivity index (χ0) is 43.5. The van der Waals surface area contributed by atoms with Crippen molar-refractivity contribution >= 4 is 38.9 Å². The minimum absolute atomic E-state index is 0.0723. The summed E-state index contributed by atoms with van der Waals surface area (Å²) in [6.45, 7) is 4.71. The van der Waals surface area contributed by atoms with E-state index in [2.05, 4.69) is 266 Å². The predicted octanol–water partition coefficient (Wildman–Crippen LogP) is 17.2. The Hall–Kier alpha value is -8.20. The lowest BCUT2D eigenvalue weighted by Gasteiger charge is -2.30. The van der Waals surface area contributed by atoms with Gasteiger partial charge < -0.3 is 9.47 Å². The van der Waals surface area contributed by atoms with Crippen LogP contribution in [0.3, 0.4) is 0 Å². The molecule has 0 saturated carbocycles. The summed E-state index contributed by atoms with van der Waals surface area (Å²) < 4.78 is 2.39. The van der Waals surface area contributed by atoms with E-state index in [0.717, 1.165) is 22.7 Å². The molecule has 0 atom stereocenters. The molecule has 0 radical (unpaired) electrons. The maximum absolute atomic E-state index is 2.48. The first-order valence-electron chi connectivity index (χ1n) is 22.6. The fraction of sp³-hybridized carbons (Fsp3) is 0.0476. The Kier molecular flexibility index (Phi) is 9.21. The van der Waals surface area contributed by atoms with Gasteiger partial charge in [-0.2, -0.15) is 0 Å². The zero-order valence-corrected chi connectivity index (χ0v) is 36.5. The van der Waals surface area contributed by atoms with Crippen LogP contribution in [-0.2, 0) is 5.41 Å². The normalized spacial score (nSPS) is 12.6. The van der Waals surface area contributed by atoms with Gasteiger partial charge in [-0.25, -0.2) is 0 Å². The lowest BCUT2D eigenvalue weighted by atomic mass is 9.81. The number of anilines is 3. The molecule has 0 fully saturated rings. The highest BCUT2D eigenvalue weighted by Gasteiger charge is 2.35. The van der Waals surface area contributed by atoms with Gasteiger partial charge in [0.1, 0.15) is 0 Å². The number of aromatic nitrogens is 1. The summed E-state index contributed by atoms with van der Waals surface area (Å²) >= 11 is 0. The number of hydrogen-bond donors (Lipinski definition) is 0. The van der Waals surface area contributed by atoms with Gasteiger partial charge in [0, 0.05) is 38.8 Å². The minimum atomic E-state index is -0.0723. The van der Waals surface area contributed by atoms with Crippen LogP contribution in [0.25, 0.3) is 83.1 Å². The highest BCUT2D eigenvalue weighted by molar-refractivity contribution is 6.11. The molecule has 0 bridgehead atoms. The maximum Gasteiger partial charge on any atom is 0.0546 e. The third-order valence-corrected chi connectivity index (χ3v) is 13.6. The molecule has 0 N–H and O–H groups in total. The van der Waals surface area contributed by atoms with Gasteiger partial charge in [-0.05, 0) is 122 Å². The number of benzene rings is 10. The fourth-order valence-corrected chi connectivity index (χ4v) is 10.5. The molecule has 2 heteroatoms. The molecule has 2 nitrogen and oxygen atoms in total. The summed E-state index contributed by atoms with van der Waals surface area (Å²) in [4.78, 5) is 2.48. The fourth-order valence-electron chi connectivity index (χ4n) is 10.5. The Bertz CT molecular complexity index is 3550. The van der Waals surface area contributed by atoms with Crippen LogP contribution < -0.4 is 4.90 Å². The molecule has 11 aromatic rings. The molecule has 0 amide bonds. The number of rotatable bonds is 8. The standard InChI is InChI=1S/C63H46N2/c1-63(2)57-30-16-14-26-52(57)53-39-35-46(41-58(53)63)43-33-36-48(37-34-43)64(49-38-40-60-56(42-49)54-27-15-17-31-59(54)65(60)47-23-10-5-11-24-47)61-32-18-29-51(45-21-8-4-9-22-45)62(61)55-28-13-12-25-50(55)44-19-6-3-7-20-44/h3-42H,1-2H3. The van der Waals surface area contributed by atoms with Crippen molar-refractivity contribution in [1.82, 2.24) is 4.57 Å². The van der Waals surface area contributed by atoms with E-state index < -0.39 is 0 Å². The number of fused-ring (bicyclic) bond motifs is 6. The van der Waals surface area contributed by atoms with E-state index in [9.17, 15) is 0 Å². The van der Waals surface area contributed by atoms with Crippen molar-refractivity contribution in [3.05, 3.63) is 254 Å². The Morgan fingerprint density at radius 1 is 0.338 bits per heavy atom. The highest BCUT2D eigenvalue weighted by atomic mass is 15.1. The molecule has 308 valence electrons. The van der Waals surface area contributed by atoms with Crippen molar-refractivity contribution in [2.24, 2.45) is 0 Å². The predicted molar refractivity (Wildman–Crippen MR) is 275 cm³/mol. The molecule has 0 unspecified atom stereocenters. The quantitative estimate of drug-likeness (QED) is 0.148. The van der Waals surface area contributed by atoms with Gasteiger partial charge in [-0.3, -0.25) is 0 Å². The Labute approximate surface area is 381 Å². The van der Waals surface area contributed by atoms with E-state index in [1.54, 1.807) is 0 Å². The molecular weight excluding hydrogens is 785 g/mol. The first kappa shape index (κ1) is 38.5. The highest BCUT2D eigenvalue weighted by Crippen LogP contribution is 2.51. The molecular formula is C63H46N2. The maximum atomic E-state index is 2.48. The average molecular weight is 831 g/mol. The molecule has 0 aliphatic heterocycles. The van der Waals surface area contributed by atoms with E-state index in [4.69, 9.17) is 0 Å². The van der Waals surface area contributed by atoms with Gasteiger partial charge in [0.05, 0.1) is 16.7 Å². The largest absolute Gasteiger partial charge is 0.310 e. The molecule has 0 spiro atoms. The third kappa shape index (κ3) is 6.40. The first-order chi connectivity index (χ1) is 32.0. The van der Waals surface area contributed by atoms with Crippen LogP contribution in [0.2, 0.25) is 0 Å². The van der Waals surface area contributed by atoms with Gasteiger partial charge in [0.25, 0.3) is 0 Å². The zero-order valence-electron chi connectivity index (χ0n) is 36.5. The van der Waals surface area contributed by atoms with Crippen LogP contribution in [0.5, 0.6) is 0 Å². The Balaban J connectivity index is 1.09. The van der Waals surface area contributed by atoms with Crippen LogP contribution in [0.4, 0.5) is 17.1 Å². The van der Waals surface area contributed by atoms with Gasteiger partial charge >= 0.3 is 0 Å². The number of para-hydroxylation sites is 2. The molecule has 1 aromatic heterocycles. The van der Waals surface area contributed by atoms with Gasteiger partial charge in [-0.1, -0.05) is 196 Å². The molecule has 65 heavy (non-hydrogen) atoms. The minimum Gasteiger partial charge on any atom is -0.310 e. The smallest absolute Gasteiger partial charge is 0.0546 e. The van der Waals surface area contributed by atoms with Crippen LogP contribution in [0.15, 0.2) is 243 Å². The first-order valence-corrected chi connectivity index (χ1v) is 22.6. The summed E-state index contributed by atoms with van der Waals surface area (Å²) in [5, 5.41) is 2.42. The second-order valence-corrected chi connectivity index (χ2v) is 17.7. The van der Waals surface area contributed by atoms with Crippen molar-refractivity contribution < 1.29 is 0 Å². The van der Waals surface area contributed by atoms with E-state index >= 15 is 0 Å². The van der Waals surface area contributed by atoms with Crippen molar-refractivity contribution in [3.8, 4) is 61.3 Å². The summed E-state index contributed by atoms with van der Waals surface area (Å²) in [5.41, 5.74) is 21.6. The third-order valence-electron chi connectivity index (χ3n) is 13.6. The molecule has 0 saturated heterocycles. The van der Waals surface area contributed by atoms with Crippen LogP contribution in [0.1, 0.15) is 25.0 Å². The SMILES string of the molecule is CC1(C)c2ccccc2-c2ccc(-c3ccc(N(c4ccc5c(c4)c4ccccc4n5-c4ccccc4)c4cccc(-c5ccccc5)c4-c4ccccc4-c4ccccc4)cc3)cc21. The van der Waals surface area contributed by atoms with Gasteiger partial charge in [0.15, 0.2) is 0 Å². The van der Waals surface area contributed by atoms with Crippen molar-refractivity contribution in [2.45, 2.75) is 19.3 Å². The second-order valence-electron chi connectivity index (χ2n) is 17.7. The topological polar surface area (TPSA) is 8.17 Å². The van der Waals surface area contributed by atoms with E-state index in [1.165, 1.54) is 88.6 Å². The van der Waals surface area contributed by atoms with Gasteiger partial charge in [-0.15, -0.1) is 0 Å². The lowest BCUT2D eigenvalue weighted by Crippen LogP contribution is -2.14. The molecule has 1 heterocycles. The van der Waals surface area contributed by atoms with E-state index in [-0.39, 0.29) is 5.41 Å². The number of nitrogens with zero attached hydrogens (tertiary/aromatic N) is 2. The second kappa shape index (κ2) is 15.6. The van der Waals surface area contributed by atoms with Crippen LogP contribution in [0, 0.1) is 0 Å². The molecule has 1 aliphatic carbocycles. The van der Waals surface area contributed by atoms with E-state index in [0.29, 0.717) is 0 Å². The van der Waals surface area contributed by atoms with Crippen molar-refractivity contribution in [1.29, 1.82) is 0 Å². The Morgan fingerprint density at radius 3 is 1.65 bits per heavy atom.